The van der Waals surface area contributed by atoms with Gasteiger partial charge in [0.15, 0.2) is 0 Å². The zero-order chi connectivity index (χ0) is 6.57. The second-order valence-electron chi connectivity index (χ2n) is 1.84. The van der Waals surface area contributed by atoms with Crippen LogP contribution in [0.4, 0.5) is 0 Å². The molecule has 1 atom stereocenters. The maximum Gasteiger partial charge on any atom is 0.218 e. The summed E-state index contributed by atoms with van der Waals surface area (Å²) < 4.78 is 0. The van der Waals surface area contributed by atoms with Gasteiger partial charge in [0.1, 0.15) is 0 Å². The van der Waals surface area contributed by atoms with Crippen molar-refractivity contribution in [1.29, 1.82) is 0 Å². The van der Waals surface area contributed by atoms with Crippen LogP contribution in [0.25, 0.3) is 0 Å². The lowest BCUT2D eigenvalue weighted by molar-refractivity contribution is -0.118. The average Bonchev–Trinajstić information content (AvgIpc) is 1.65. The highest BCUT2D eigenvalue weighted by molar-refractivity contribution is 5.74. The molecule has 0 spiro atoms. The molecule has 4 N–H and O–H groups in total. The highest BCUT2D eigenvalue weighted by atomic mass is 16.1. The van der Waals surface area contributed by atoms with E-state index in [1.165, 1.54) is 0 Å². The lowest BCUT2D eigenvalue weighted by Crippen LogP contribution is -2.26. The molecular formula is C5H12N2O. The van der Waals surface area contributed by atoms with Gasteiger partial charge in [-0.15, -0.1) is 0 Å². The predicted molar refractivity (Wildman–Crippen MR) is 32.1 cm³/mol. The van der Waals surface area contributed by atoms with Crippen LogP contribution in [0.5, 0.6) is 0 Å². The van der Waals surface area contributed by atoms with E-state index in [4.69, 9.17) is 11.5 Å². The van der Waals surface area contributed by atoms with Crippen molar-refractivity contribution < 1.29 is 4.79 Å². The molecule has 0 unspecified atom stereocenters. The van der Waals surface area contributed by atoms with Gasteiger partial charge in [-0.25, -0.2) is 0 Å². The van der Waals surface area contributed by atoms with Crippen molar-refractivity contribution in [2.24, 2.45) is 11.5 Å². The van der Waals surface area contributed by atoms with Gasteiger partial charge in [0.25, 0.3) is 0 Å². The number of hydrogen-bond acceptors (Lipinski definition) is 2. The van der Waals surface area contributed by atoms with Crippen LogP contribution < -0.4 is 11.5 Å². The summed E-state index contributed by atoms with van der Waals surface area (Å²) in [5, 5.41) is 0. The summed E-state index contributed by atoms with van der Waals surface area (Å²) in [6.45, 7) is 1.92. The first-order valence-electron chi connectivity index (χ1n) is 2.70. The van der Waals surface area contributed by atoms with E-state index in [9.17, 15) is 4.79 Å². The monoisotopic (exact) mass is 116 g/mol. The molecule has 0 aliphatic rings. The molecule has 0 saturated carbocycles. The molecule has 48 valence electrons. The predicted octanol–water partition coefficient (Wildman–Crippen LogP) is -0.401. The quantitative estimate of drug-likeness (QED) is 0.526. The van der Waals surface area contributed by atoms with Gasteiger partial charge in [0, 0.05) is 12.5 Å². The number of amides is 1. The van der Waals surface area contributed by atoms with Gasteiger partial charge in [0.2, 0.25) is 5.91 Å². The van der Waals surface area contributed by atoms with Crippen LogP contribution in [-0.2, 0) is 4.79 Å². The van der Waals surface area contributed by atoms with Gasteiger partial charge in [-0.05, 0) is 6.42 Å². The van der Waals surface area contributed by atoms with Crippen LogP contribution in [-0.4, -0.2) is 11.9 Å². The summed E-state index contributed by atoms with van der Waals surface area (Å²) in [5.41, 5.74) is 10.2. The maximum atomic E-state index is 10.1. The zero-order valence-corrected chi connectivity index (χ0v) is 5.05. The maximum absolute atomic E-state index is 10.1. The van der Waals surface area contributed by atoms with Crippen molar-refractivity contribution in [2.75, 3.05) is 0 Å². The molecule has 1 amide bonds. The molecule has 0 aromatic carbocycles. The van der Waals surface area contributed by atoms with E-state index in [2.05, 4.69) is 0 Å². The topological polar surface area (TPSA) is 69.1 Å². The second-order valence-corrected chi connectivity index (χ2v) is 1.84. The number of hydrogen-bond donors (Lipinski definition) is 2. The van der Waals surface area contributed by atoms with Crippen LogP contribution in [0.2, 0.25) is 0 Å². The minimum Gasteiger partial charge on any atom is -0.370 e. The Labute approximate surface area is 49.0 Å². The van der Waals surface area contributed by atoms with Crippen LogP contribution in [0.3, 0.4) is 0 Å². The fraction of sp³-hybridized carbons (Fsp3) is 0.800. The molecule has 0 aromatic rings. The lowest BCUT2D eigenvalue weighted by atomic mass is 10.2. The number of carbonyl (C=O) groups is 1. The summed E-state index contributed by atoms with van der Waals surface area (Å²) in [6.07, 6.45) is 1.11. The van der Waals surface area contributed by atoms with E-state index in [-0.39, 0.29) is 11.9 Å². The van der Waals surface area contributed by atoms with Gasteiger partial charge >= 0.3 is 0 Å². The first-order valence-corrected chi connectivity index (χ1v) is 2.70. The highest BCUT2D eigenvalue weighted by Gasteiger charge is 2.01. The summed E-state index contributed by atoms with van der Waals surface area (Å²) in [7, 11) is 0. The molecule has 3 nitrogen and oxygen atoms in total. The summed E-state index contributed by atoms with van der Waals surface area (Å²) in [4.78, 5) is 10.1. The molecule has 0 rings (SSSR count). The normalized spacial score (nSPS) is 13.2. The summed E-state index contributed by atoms with van der Waals surface area (Å²) in [5.74, 6) is -0.320. The van der Waals surface area contributed by atoms with Gasteiger partial charge in [-0.3, -0.25) is 4.79 Å². The van der Waals surface area contributed by atoms with Crippen molar-refractivity contribution in [3.63, 3.8) is 0 Å². The van der Waals surface area contributed by atoms with Gasteiger partial charge in [-0.2, -0.15) is 0 Å². The molecule has 8 heavy (non-hydrogen) atoms. The van der Waals surface area contributed by atoms with E-state index in [1.54, 1.807) is 0 Å². The van der Waals surface area contributed by atoms with Gasteiger partial charge < -0.3 is 11.5 Å². The molecule has 3 heteroatoms. The van der Waals surface area contributed by atoms with Crippen molar-refractivity contribution in [1.82, 2.24) is 0 Å². The Kier molecular flexibility index (Phi) is 3.19. The van der Waals surface area contributed by atoms with E-state index in [1.807, 2.05) is 6.92 Å². The molecule has 0 aliphatic heterocycles. The molecule has 0 radical (unpaired) electrons. The molecule has 0 bridgehead atoms. The van der Waals surface area contributed by atoms with E-state index < -0.39 is 0 Å². The van der Waals surface area contributed by atoms with E-state index in [0.29, 0.717) is 6.42 Å². The minimum atomic E-state index is -0.320. The second kappa shape index (κ2) is 3.43. The highest BCUT2D eigenvalue weighted by Crippen LogP contribution is 1.89. The smallest absolute Gasteiger partial charge is 0.218 e. The van der Waals surface area contributed by atoms with E-state index >= 15 is 0 Å². The van der Waals surface area contributed by atoms with Crippen LogP contribution in [0.15, 0.2) is 0 Å². The average molecular weight is 116 g/mol. The number of primary amides is 1. The first-order chi connectivity index (χ1) is 3.66. The molecular weight excluding hydrogens is 104 g/mol. The minimum absolute atomic E-state index is 0.0486. The fourth-order valence-electron chi connectivity index (χ4n) is 0.403. The zero-order valence-electron chi connectivity index (χ0n) is 5.05. The number of carbonyl (C=O) groups excluding carboxylic acids is 1. The Balaban J connectivity index is 3.24. The van der Waals surface area contributed by atoms with Crippen LogP contribution >= 0.6 is 0 Å². The van der Waals surface area contributed by atoms with Crippen LogP contribution in [0, 0.1) is 0 Å². The Morgan fingerprint density at radius 3 is 2.38 bits per heavy atom. The lowest BCUT2D eigenvalue weighted by Gasteiger charge is -2.02. The summed E-state index contributed by atoms with van der Waals surface area (Å²) in [6, 6.07) is -0.0486. The van der Waals surface area contributed by atoms with Crippen molar-refractivity contribution >= 4 is 5.91 Å². The molecule has 0 aliphatic carbocycles. The molecule has 0 aromatic heterocycles. The van der Waals surface area contributed by atoms with E-state index in [0.717, 1.165) is 6.42 Å². The number of nitrogens with two attached hydrogens (primary N) is 2. The van der Waals surface area contributed by atoms with Crippen molar-refractivity contribution in [2.45, 2.75) is 25.8 Å². The molecule has 0 heterocycles. The van der Waals surface area contributed by atoms with Crippen molar-refractivity contribution in [3.8, 4) is 0 Å². The summed E-state index contributed by atoms with van der Waals surface area (Å²) >= 11 is 0. The third-order valence-electron chi connectivity index (χ3n) is 0.988. The van der Waals surface area contributed by atoms with Crippen molar-refractivity contribution in [3.05, 3.63) is 0 Å². The molecule has 0 saturated heterocycles. The largest absolute Gasteiger partial charge is 0.370 e. The Bertz CT molecular complexity index is 82.5. The number of rotatable bonds is 3. The third-order valence-corrected chi connectivity index (χ3v) is 0.988. The Hall–Kier alpha value is -0.570. The SMILES string of the molecule is CC[C@H](N)CC(N)=O. The molecule has 0 fully saturated rings. The van der Waals surface area contributed by atoms with Crippen LogP contribution in [0.1, 0.15) is 19.8 Å². The fourth-order valence-corrected chi connectivity index (χ4v) is 0.403. The standard InChI is InChI=1S/C5H12N2O/c1-2-4(6)3-5(7)8/h4H,2-3,6H2,1H3,(H2,7,8)/t4-/m0/s1. The Morgan fingerprint density at radius 1 is 1.75 bits per heavy atom. The van der Waals surface area contributed by atoms with Gasteiger partial charge in [0.05, 0.1) is 0 Å². The first kappa shape index (κ1) is 7.43. The Morgan fingerprint density at radius 2 is 2.25 bits per heavy atom. The third kappa shape index (κ3) is 3.61. The van der Waals surface area contributed by atoms with Gasteiger partial charge in [-0.1, -0.05) is 6.92 Å².